The van der Waals surface area contributed by atoms with Gasteiger partial charge in [0.25, 0.3) is 0 Å². The molecule has 1 aromatic heterocycles. The molecule has 0 radical (unpaired) electrons. The third-order valence-electron chi connectivity index (χ3n) is 1.89. The van der Waals surface area contributed by atoms with E-state index >= 15 is 0 Å². The van der Waals surface area contributed by atoms with Crippen molar-refractivity contribution >= 4 is 5.78 Å². The minimum Gasteiger partial charge on any atom is -0.385 e. The average molecular weight is 179 g/mol. The van der Waals surface area contributed by atoms with Gasteiger partial charge in [0.15, 0.2) is 5.78 Å². The average Bonchev–Trinajstić information content (AvgIpc) is 2.17. The van der Waals surface area contributed by atoms with E-state index < -0.39 is 6.10 Å². The third kappa shape index (κ3) is 2.36. The largest absolute Gasteiger partial charge is 0.385 e. The zero-order valence-corrected chi connectivity index (χ0v) is 7.82. The Morgan fingerprint density at radius 3 is 2.77 bits per heavy atom. The summed E-state index contributed by atoms with van der Waals surface area (Å²) in [6.45, 7) is 3.62. The van der Waals surface area contributed by atoms with Gasteiger partial charge in [-0.15, -0.1) is 0 Å². The number of rotatable bonds is 3. The second-order valence-electron chi connectivity index (χ2n) is 2.98. The van der Waals surface area contributed by atoms with Crippen LogP contribution in [0.4, 0.5) is 0 Å². The Kier molecular flexibility index (Phi) is 3.14. The van der Waals surface area contributed by atoms with Gasteiger partial charge in [-0.1, -0.05) is 6.92 Å². The molecule has 1 aromatic rings. The van der Waals surface area contributed by atoms with Crippen LogP contribution in [-0.4, -0.2) is 22.0 Å². The number of aliphatic hydroxyl groups excluding tert-OH is 1. The smallest absolute Gasteiger partial charge is 0.192 e. The summed E-state index contributed by atoms with van der Waals surface area (Å²) in [6, 6.07) is 3.44. The van der Waals surface area contributed by atoms with Crippen LogP contribution in [0.15, 0.2) is 18.3 Å². The minimum absolute atomic E-state index is 0.255. The van der Waals surface area contributed by atoms with Crippen LogP contribution in [0.5, 0.6) is 0 Å². The summed E-state index contributed by atoms with van der Waals surface area (Å²) in [6.07, 6.45) is 1.04. The number of hydrogen-bond acceptors (Lipinski definition) is 3. The lowest BCUT2D eigenvalue weighted by Gasteiger charge is -2.05. The van der Waals surface area contributed by atoms with Crippen LogP contribution in [0.3, 0.4) is 0 Å². The maximum absolute atomic E-state index is 11.4. The number of carbonyl (C=O) groups excluding carboxylic acids is 1. The van der Waals surface area contributed by atoms with Gasteiger partial charge in [-0.05, 0) is 25.5 Å². The molecule has 13 heavy (non-hydrogen) atoms. The zero-order chi connectivity index (χ0) is 9.84. The number of ketones is 1. The number of aliphatic hydroxyl groups is 1. The van der Waals surface area contributed by atoms with Crippen molar-refractivity contribution in [2.45, 2.75) is 26.4 Å². The Bertz CT molecular complexity index is 292. The number of Topliss-reactive ketones (excluding diaryl/α,β-unsaturated/α-hetero) is 1. The predicted octanol–water partition coefficient (Wildman–Crippen LogP) is 1.34. The molecule has 0 fully saturated rings. The van der Waals surface area contributed by atoms with Gasteiger partial charge in [0.1, 0.15) is 6.10 Å². The molecule has 3 nitrogen and oxygen atoms in total. The van der Waals surface area contributed by atoms with Crippen molar-refractivity contribution in [3.05, 3.63) is 29.6 Å². The Hall–Kier alpha value is -1.22. The van der Waals surface area contributed by atoms with Crippen LogP contribution in [0.25, 0.3) is 0 Å². The first kappa shape index (κ1) is 9.86. The molecule has 1 heterocycles. The maximum Gasteiger partial charge on any atom is 0.192 e. The van der Waals surface area contributed by atoms with E-state index in [1.54, 1.807) is 19.1 Å². The van der Waals surface area contributed by atoms with Gasteiger partial charge >= 0.3 is 0 Å². The highest BCUT2D eigenvalue weighted by atomic mass is 16.3. The zero-order valence-electron chi connectivity index (χ0n) is 7.82. The molecule has 0 aliphatic rings. The molecule has 70 valence electrons. The van der Waals surface area contributed by atoms with Crippen molar-refractivity contribution < 1.29 is 9.90 Å². The molecule has 0 saturated heterocycles. The number of hydrogen-bond donors (Lipinski definition) is 1. The molecular formula is C10H13NO2. The van der Waals surface area contributed by atoms with E-state index in [1.165, 1.54) is 6.20 Å². The fraction of sp³-hybridized carbons (Fsp3) is 0.400. The van der Waals surface area contributed by atoms with Gasteiger partial charge in [0.2, 0.25) is 0 Å². The van der Waals surface area contributed by atoms with Crippen LogP contribution in [-0.2, 0) is 0 Å². The third-order valence-corrected chi connectivity index (χ3v) is 1.89. The topological polar surface area (TPSA) is 50.2 Å². The molecule has 3 heteroatoms. The highest BCUT2D eigenvalue weighted by Gasteiger charge is 2.14. The summed E-state index contributed by atoms with van der Waals surface area (Å²) >= 11 is 0. The maximum atomic E-state index is 11.4. The highest BCUT2D eigenvalue weighted by Crippen LogP contribution is 2.05. The summed E-state index contributed by atoms with van der Waals surface area (Å²) in [4.78, 5) is 15.4. The monoisotopic (exact) mass is 179 g/mol. The van der Waals surface area contributed by atoms with Gasteiger partial charge in [-0.3, -0.25) is 9.78 Å². The molecule has 0 amide bonds. The highest BCUT2D eigenvalue weighted by molar-refractivity contribution is 5.98. The molecule has 1 N–H and O–H groups in total. The summed E-state index contributed by atoms with van der Waals surface area (Å²) in [5.74, 6) is -0.255. The number of aromatic nitrogens is 1. The van der Waals surface area contributed by atoms with Gasteiger partial charge in [-0.25, -0.2) is 0 Å². The van der Waals surface area contributed by atoms with Crippen molar-refractivity contribution in [2.24, 2.45) is 0 Å². The molecule has 0 aliphatic heterocycles. The second kappa shape index (κ2) is 4.14. The van der Waals surface area contributed by atoms with Crippen LogP contribution < -0.4 is 0 Å². The standard InChI is InChI=1S/C10H13NO2/c1-3-9(12)10(13)8-5-4-7(2)11-6-8/h4-6,9,12H,3H2,1-2H3. The quantitative estimate of drug-likeness (QED) is 0.712. The Labute approximate surface area is 77.4 Å². The Morgan fingerprint density at radius 2 is 2.31 bits per heavy atom. The fourth-order valence-corrected chi connectivity index (χ4v) is 0.991. The normalized spacial score (nSPS) is 12.5. The van der Waals surface area contributed by atoms with Crippen molar-refractivity contribution in [3.8, 4) is 0 Å². The van der Waals surface area contributed by atoms with Crippen LogP contribution in [0.2, 0.25) is 0 Å². The van der Waals surface area contributed by atoms with E-state index in [2.05, 4.69) is 4.98 Å². The molecule has 1 atom stereocenters. The summed E-state index contributed by atoms with van der Waals surface area (Å²) < 4.78 is 0. The number of nitrogens with zero attached hydrogens (tertiary/aromatic N) is 1. The van der Waals surface area contributed by atoms with E-state index in [-0.39, 0.29) is 5.78 Å². The first-order chi connectivity index (χ1) is 6.15. The summed E-state index contributed by atoms with van der Waals surface area (Å²) in [5, 5.41) is 9.27. The predicted molar refractivity (Wildman–Crippen MR) is 49.6 cm³/mol. The van der Waals surface area contributed by atoms with Crippen molar-refractivity contribution in [1.29, 1.82) is 0 Å². The molecular weight excluding hydrogens is 166 g/mol. The second-order valence-corrected chi connectivity index (χ2v) is 2.98. The van der Waals surface area contributed by atoms with Gasteiger partial charge in [0, 0.05) is 17.5 Å². The van der Waals surface area contributed by atoms with Gasteiger partial charge < -0.3 is 5.11 Å². The van der Waals surface area contributed by atoms with Crippen LogP contribution in [0, 0.1) is 6.92 Å². The van der Waals surface area contributed by atoms with Crippen LogP contribution in [0.1, 0.15) is 29.4 Å². The molecule has 0 saturated carbocycles. The molecule has 1 rings (SSSR count). The SMILES string of the molecule is CCC(O)C(=O)c1ccc(C)nc1. The van der Waals surface area contributed by atoms with Crippen molar-refractivity contribution in [3.63, 3.8) is 0 Å². The number of aryl methyl sites for hydroxylation is 1. The molecule has 0 aromatic carbocycles. The molecule has 0 spiro atoms. The van der Waals surface area contributed by atoms with E-state index in [4.69, 9.17) is 0 Å². The lowest BCUT2D eigenvalue weighted by molar-refractivity contribution is 0.0740. The first-order valence-corrected chi connectivity index (χ1v) is 4.30. The Balaban J connectivity index is 2.83. The fourth-order valence-electron chi connectivity index (χ4n) is 0.991. The minimum atomic E-state index is -0.899. The van der Waals surface area contributed by atoms with Crippen molar-refractivity contribution in [1.82, 2.24) is 4.98 Å². The number of pyridine rings is 1. The lowest BCUT2D eigenvalue weighted by Crippen LogP contribution is -2.19. The van der Waals surface area contributed by atoms with E-state index in [0.717, 1.165) is 5.69 Å². The van der Waals surface area contributed by atoms with Crippen molar-refractivity contribution in [2.75, 3.05) is 0 Å². The Morgan fingerprint density at radius 1 is 1.62 bits per heavy atom. The summed E-state index contributed by atoms with van der Waals surface area (Å²) in [7, 11) is 0. The summed E-state index contributed by atoms with van der Waals surface area (Å²) in [5.41, 5.74) is 1.34. The van der Waals surface area contributed by atoms with Gasteiger partial charge in [0.05, 0.1) is 0 Å². The van der Waals surface area contributed by atoms with Crippen LogP contribution >= 0.6 is 0 Å². The molecule has 1 unspecified atom stereocenters. The lowest BCUT2D eigenvalue weighted by atomic mass is 10.1. The molecule has 0 aliphatic carbocycles. The van der Waals surface area contributed by atoms with E-state index in [9.17, 15) is 9.90 Å². The van der Waals surface area contributed by atoms with E-state index in [1.807, 2.05) is 6.92 Å². The van der Waals surface area contributed by atoms with E-state index in [0.29, 0.717) is 12.0 Å². The molecule has 0 bridgehead atoms. The number of carbonyl (C=O) groups is 1. The van der Waals surface area contributed by atoms with Gasteiger partial charge in [-0.2, -0.15) is 0 Å². The first-order valence-electron chi connectivity index (χ1n) is 4.30.